The van der Waals surface area contributed by atoms with Crippen molar-refractivity contribution in [1.82, 2.24) is 5.32 Å². The highest BCUT2D eigenvalue weighted by molar-refractivity contribution is 7.99. The summed E-state index contributed by atoms with van der Waals surface area (Å²) in [7, 11) is 0. The van der Waals surface area contributed by atoms with Crippen LogP contribution in [0.15, 0.2) is 30.3 Å². The second kappa shape index (κ2) is 9.39. The van der Waals surface area contributed by atoms with E-state index in [4.69, 9.17) is 4.74 Å². The lowest BCUT2D eigenvalue weighted by Crippen LogP contribution is -2.33. The molecule has 0 bridgehead atoms. The summed E-state index contributed by atoms with van der Waals surface area (Å²) in [5.41, 5.74) is 1.13. The van der Waals surface area contributed by atoms with Crippen LogP contribution >= 0.6 is 11.8 Å². The van der Waals surface area contributed by atoms with Crippen molar-refractivity contribution >= 4 is 11.8 Å². The van der Waals surface area contributed by atoms with Crippen molar-refractivity contribution in [2.45, 2.75) is 24.9 Å². The highest BCUT2D eigenvalue weighted by Crippen LogP contribution is 2.03. The molecule has 3 nitrogen and oxygen atoms in total. The standard InChI is InChI=1S/C14H23NO2S/c1-12(18-2)8-15-9-14(16)11-17-10-13-6-4-3-5-7-13/h3-7,12,14-16H,8-11H2,1-2H3. The first-order valence-electron chi connectivity index (χ1n) is 6.25. The van der Waals surface area contributed by atoms with Crippen molar-refractivity contribution in [3.05, 3.63) is 35.9 Å². The van der Waals surface area contributed by atoms with Crippen LogP contribution in [-0.4, -0.2) is 42.4 Å². The number of aliphatic hydroxyl groups excluding tert-OH is 1. The van der Waals surface area contributed by atoms with Crippen LogP contribution < -0.4 is 5.32 Å². The van der Waals surface area contributed by atoms with E-state index < -0.39 is 6.10 Å². The number of hydrogen-bond donors (Lipinski definition) is 2. The summed E-state index contributed by atoms with van der Waals surface area (Å²) in [6, 6.07) is 9.99. The number of ether oxygens (including phenoxy) is 1. The van der Waals surface area contributed by atoms with Crippen LogP contribution in [0.3, 0.4) is 0 Å². The Bertz CT molecular complexity index is 308. The molecule has 0 spiro atoms. The first-order chi connectivity index (χ1) is 8.72. The van der Waals surface area contributed by atoms with Crippen molar-refractivity contribution in [3.8, 4) is 0 Å². The third-order valence-electron chi connectivity index (χ3n) is 2.64. The van der Waals surface area contributed by atoms with Gasteiger partial charge in [-0.2, -0.15) is 11.8 Å². The molecular formula is C14H23NO2S. The quantitative estimate of drug-likeness (QED) is 0.718. The van der Waals surface area contributed by atoms with Crippen molar-refractivity contribution in [2.75, 3.05) is 26.0 Å². The lowest BCUT2D eigenvalue weighted by molar-refractivity contribution is 0.0290. The van der Waals surface area contributed by atoms with E-state index in [1.165, 1.54) is 0 Å². The third-order valence-corrected chi connectivity index (χ3v) is 3.61. The molecule has 2 N–H and O–H groups in total. The molecule has 0 heterocycles. The number of hydrogen-bond acceptors (Lipinski definition) is 4. The average molecular weight is 269 g/mol. The molecule has 0 fully saturated rings. The van der Waals surface area contributed by atoms with E-state index in [2.05, 4.69) is 18.5 Å². The molecule has 0 saturated carbocycles. The average Bonchev–Trinajstić information content (AvgIpc) is 2.39. The molecule has 0 aliphatic carbocycles. The maximum Gasteiger partial charge on any atom is 0.0897 e. The van der Waals surface area contributed by atoms with Crippen molar-refractivity contribution in [3.63, 3.8) is 0 Å². The SMILES string of the molecule is CSC(C)CNCC(O)COCc1ccccc1. The molecule has 0 amide bonds. The van der Waals surface area contributed by atoms with Crippen molar-refractivity contribution < 1.29 is 9.84 Å². The molecule has 0 aromatic heterocycles. The van der Waals surface area contributed by atoms with Crippen LogP contribution in [0.5, 0.6) is 0 Å². The minimum atomic E-state index is -0.442. The summed E-state index contributed by atoms with van der Waals surface area (Å²) >= 11 is 1.82. The van der Waals surface area contributed by atoms with Gasteiger partial charge >= 0.3 is 0 Å². The molecule has 1 aromatic carbocycles. The monoisotopic (exact) mass is 269 g/mol. The summed E-state index contributed by atoms with van der Waals surface area (Å²) in [5.74, 6) is 0. The Balaban J connectivity index is 2.05. The Morgan fingerprint density at radius 2 is 2.00 bits per heavy atom. The highest BCUT2D eigenvalue weighted by Gasteiger charge is 2.05. The summed E-state index contributed by atoms with van der Waals surface area (Å²) in [6.07, 6.45) is 1.65. The fourth-order valence-electron chi connectivity index (χ4n) is 1.48. The van der Waals surface area contributed by atoms with E-state index in [1.54, 1.807) is 0 Å². The number of aliphatic hydroxyl groups is 1. The molecular weight excluding hydrogens is 246 g/mol. The van der Waals surface area contributed by atoms with E-state index in [1.807, 2.05) is 42.1 Å². The van der Waals surface area contributed by atoms with Gasteiger partial charge in [0.1, 0.15) is 0 Å². The summed E-state index contributed by atoms with van der Waals surface area (Å²) in [6.45, 7) is 4.58. The van der Waals surface area contributed by atoms with E-state index >= 15 is 0 Å². The molecule has 2 atom stereocenters. The molecule has 0 aliphatic rings. The third kappa shape index (κ3) is 7.01. The maximum atomic E-state index is 9.72. The second-order valence-electron chi connectivity index (χ2n) is 4.36. The minimum Gasteiger partial charge on any atom is -0.389 e. The van der Waals surface area contributed by atoms with Crippen molar-refractivity contribution in [2.24, 2.45) is 0 Å². The highest BCUT2D eigenvalue weighted by atomic mass is 32.2. The van der Waals surface area contributed by atoms with Crippen LogP contribution in [0, 0.1) is 0 Å². The van der Waals surface area contributed by atoms with Gasteiger partial charge in [0.15, 0.2) is 0 Å². The van der Waals surface area contributed by atoms with Gasteiger partial charge in [0.2, 0.25) is 0 Å². The Morgan fingerprint density at radius 1 is 1.28 bits per heavy atom. The Hall–Kier alpha value is -0.550. The number of benzene rings is 1. The Kier molecular flexibility index (Phi) is 8.09. The second-order valence-corrected chi connectivity index (χ2v) is 5.64. The maximum absolute atomic E-state index is 9.72. The number of nitrogens with one attached hydrogen (secondary N) is 1. The fourth-order valence-corrected chi connectivity index (χ4v) is 1.77. The first kappa shape index (κ1) is 15.5. The molecule has 0 radical (unpaired) electrons. The fraction of sp³-hybridized carbons (Fsp3) is 0.571. The topological polar surface area (TPSA) is 41.5 Å². The summed E-state index contributed by atoms with van der Waals surface area (Å²) in [4.78, 5) is 0. The van der Waals surface area contributed by atoms with E-state index in [0.29, 0.717) is 25.0 Å². The van der Waals surface area contributed by atoms with Gasteiger partial charge in [0.05, 0.1) is 19.3 Å². The van der Waals surface area contributed by atoms with Gasteiger partial charge in [-0.05, 0) is 11.8 Å². The zero-order valence-corrected chi connectivity index (χ0v) is 12.0. The normalized spacial score (nSPS) is 14.4. The summed E-state index contributed by atoms with van der Waals surface area (Å²) < 4.78 is 5.47. The van der Waals surface area contributed by atoms with Crippen LogP contribution in [0.25, 0.3) is 0 Å². The predicted octanol–water partition coefficient (Wildman–Crippen LogP) is 1.91. The van der Waals surface area contributed by atoms with Gasteiger partial charge in [0.25, 0.3) is 0 Å². The van der Waals surface area contributed by atoms with Crippen molar-refractivity contribution in [1.29, 1.82) is 0 Å². The number of rotatable bonds is 9. The lowest BCUT2D eigenvalue weighted by atomic mass is 10.2. The van der Waals surface area contributed by atoms with Gasteiger partial charge in [-0.3, -0.25) is 0 Å². The molecule has 2 unspecified atom stereocenters. The minimum absolute atomic E-state index is 0.371. The Labute approximate surface area is 114 Å². The predicted molar refractivity (Wildman–Crippen MR) is 78.0 cm³/mol. The van der Waals surface area contributed by atoms with E-state index in [-0.39, 0.29) is 0 Å². The van der Waals surface area contributed by atoms with Gasteiger partial charge < -0.3 is 15.2 Å². The smallest absolute Gasteiger partial charge is 0.0897 e. The molecule has 102 valence electrons. The molecule has 0 saturated heterocycles. The summed E-state index contributed by atoms with van der Waals surface area (Å²) in [5, 5.41) is 13.5. The van der Waals surface area contributed by atoms with Crippen LogP contribution in [0.4, 0.5) is 0 Å². The Morgan fingerprint density at radius 3 is 2.67 bits per heavy atom. The number of thioether (sulfide) groups is 1. The van der Waals surface area contributed by atoms with Gasteiger partial charge in [-0.25, -0.2) is 0 Å². The van der Waals surface area contributed by atoms with Crippen LogP contribution in [0.1, 0.15) is 12.5 Å². The molecule has 4 heteroatoms. The lowest BCUT2D eigenvalue weighted by Gasteiger charge is -2.14. The zero-order chi connectivity index (χ0) is 13.2. The van der Waals surface area contributed by atoms with Gasteiger partial charge in [-0.1, -0.05) is 37.3 Å². The van der Waals surface area contributed by atoms with Crippen LogP contribution in [-0.2, 0) is 11.3 Å². The molecule has 0 aliphatic heterocycles. The molecule has 18 heavy (non-hydrogen) atoms. The van der Waals surface area contributed by atoms with E-state index in [9.17, 15) is 5.11 Å². The zero-order valence-electron chi connectivity index (χ0n) is 11.1. The molecule has 1 aromatic rings. The van der Waals surface area contributed by atoms with E-state index in [0.717, 1.165) is 12.1 Å². The first-order valence-corrected chi connectivity index (χ1v) is 7.54. The largest absolute Gasteiger partial charge is 0.389 e. The van der Waals surface area contributed by atoms with Gasteiger partial charge in [0, 0.05) is 18.3 Å². The van der Waals surface area contributed by atoms with Gasteiger partial charge in [-0.15, -0.1) is 0 Å². The molecule has 1 rings (SSSR count). The van der Waals surface area contributed by atoms with Crippen LogP contribution in [0.2, 0.25) is 0 Å².